The second kappa shape index (κ2) is 9.34. The van der Waals surface area contributed by atoms with Gasteiger partial charge in [0.2, 0.25) is 5.89 Å². The molecule has 0 unspecified atom stereocenters. The maximum Gasteiger partial charge on any atom is 0.269 e. The molecule has 3 aromatic carbocycles. The van der Waals surface area contributed by atoms with Crippen molar-refractivity contribution >= 4 is 108 Å². The van der Waals surface area contributed by atoms with Crippen LogP contribution in [0.5, 0.6) is 0 Å². The van der Waals surface area contributed by atoms with E-state index in [9.17, 15) is 4.79 Å². The van der Waals surface area contributed by atoms with Crippen LogP contribution < -0.4 is 10.6 Å². The van der Waals surface area contributed by atoms with E-state index in [2.05, 4.69) is 15.6 Å². The van der Waals surface area contributed by atoms with E-state index in [1.54, 1.807) is 54.6 Å². The van der Waals surface area contributed by atoms with E-state index >= 15 is 0 Å². The van der Waals surface area contributed by atoms with Crippen molar-refractivity contribution in [2.75, 3.05) is 5.32 Å². The lowest BCUT2D eigenvalue weighted by molar-refractivity contribution is 0.0982. The number of benzene rings is 3. The second-order valence-electron chi connectivity index (χ2n) is 7.12. The molecule has 2 aromatic heterocycles. The number of halogens is 4. The Morgan fingerprint density at radius 3 is 2.59 bits per heavy atom. The molecular weight excluding hydrogens is 556 g/mol. The van der Waals surface area contributed by atoms with Crippen molar-refractivity contribution in [3.63, 3.8) is 0 Å². The Kier molecular flexibility index (Phi) is 6.41. The first-order chi connectivity index (χ1) is 16.3. The summed E-state index contributed by atoms with van der Waals surface area (Å²) in [6.45, 7) is 0. The summed E-state index contributed by atoms with van der Waals surface area (Å²) in [4.78, 5) is 17.6. The third kappa shape index (κ3) is 4.60. The largest absolute Gasteiger partial charge is 0.436 e. The van der Waals surface area contributed by atoms with Gasteiger partial charge in [0.05, 0.1) is 15.1 Å². The van der Waals surface area contributed by atoms with E-state index in [0.717, 1.165) is 10.1 Å². The van der Waals surface area contributed by atoms with Crippen LogP contribution in [-0.4, -0.2) is 16.0 Å². The molecule has 34 heavy (non-hydrogen) atoms. The van der Waals surface area contributed by atoms with Gasteiger partial charge in [0.25, 0.3) is 5.91 Å². The van der Waals surface area contributed by atoms with Gasteiger partial charge in [-0.1, -0.05) is 52.5 Å². The highest BCUT2D eigenvalue weighted by Crippen LogP contribution is 2.36. The van der Waals surface area contributed by atoms with Crippen LogP contribution in [-0.2, 0) is 0 Å². The lowest BCUT2D eigenvalue weighted by atomic mass is 10.2. The van der Waals surface area contributed by atoms with Crippen LogP contribution in [0.25, 0.3) is 32.6 Å². The third-order valence-corrected chi connectivity index (χ3v) is 7.67. The van der Waals surface area contributed by atoms with Crippen molar-refractivity contribution in [3.8, 4) is 11.5 Å². The molecule has 5 nitrogen and oxygen atoms in total. The van der Waals surface area contributed by atoms with Gasteiger partial charge in [-0.2, -0.15) is 0 Å². The zero-order valence-corrected chi connectivity index (χ0v) is 21.4. The number of aromatic nitrogens is 1. The first-order valence-corrected chi connectivity index (χ1v) is 12.4. The summed E-state index contributed by atoms with van der Waals surface area (Å²) >= 11 is 31.1. The highest BCUT2D eigenvalue weighted by Gasteiger charge is 2.18. The number of carbonyl (C=O) groups excluding carboxylic acids is 1. The standard InChI is InChI=1S/C23H11Cl4N3O2S2/c24-11-2-4-13-18(8-11)34-20(19(13)27)21(31)30-23(33)28-12-3-6-17-16(9-12)29-22(32-17)10-1-5-14(25)15(26)7-10/h1-9H,(H2,28,30,31,33). The molecule has 5 aromatic rings. The molecule has 0 atom stereocenters. The molecular formula is C23H11Cl4N3O2S2. The van der Waals surface area contributed by atoms with Crippen molar-refractivity contribution in [3.05, 3.63) is 79.6 Å². The van der Waals surface area contributed by atoms with Crippen LogP contribution >= 0.6 is 70.0 Å². The summed E-state index contributed by atoms with van der Waals surface area (Å²) in [6.07, 6.45) is 0. The maximum absolute atomic E-state index is 12.8. The molecule has 0 bridgehead atoms. The molecule has 0 saturated heterocycles. The van der Waals surface area contributed by atoms with Gasteiger partial charge in [-0.05, 0) is 60.7 Å². The van der Waals surface area contributed by atoms with E-state index in [-0.39, 0.29) is 5.11 Å². The van der Waals surface area contributed by atoms with Gasteiger partial charge in [0, 0.05) is 26.4 Å². The fourth-order valence-corrected chi connectivity index (χ4v) is 5.46. The van der Waals surface area contributed by atoms with Crippen LogP contribution in [0.2, 0.25) is 20.1 Å². The predicted octanol–water partition coefficient (Wildman–Crippen LogP) is 8.45. The molecule has 0 spiro atoms. The molecule has 0 aliphatic heterocycles. The number of oxazole rings is 1. The number of thiophene rings is 1. The Hall–Kier alpha value is -2.39. The maximum atomic E-state index is 12.8. The number of anilines is 1. The average molecular weight is 567 g/mol. The van der Waals surface area contributed by atoms with Gasteiger partial charge in [-0.25, -0.2) is 4.98 Å². The van der Waals surface area contributed by atoms with Crippen LogP contribution in [0.15, 0.2) is 59.0 Å². The van der Waals surface area contributed by atoms with E-state index in [0.29, 0.717) is 53.2 Å². The zero-order valence-electron chi connectivity index (χ0n) is 16.8. The van der Waals surface area contributed by atoms with E-state index < -0.39 is 5.91 Å². The smallest absolute Gasteiger partial charge is 0.269 e. The van der Waals surface area contributed by atoms with Gasteiger partial charge >= 0.3 is 0 Å². The minimum absolute atomic E-state index is 0.115. The second-order valence-corrected chi connectivity index (χ2v) is 10.2. The molecule has 2 N–H and O–H groups in total. The van der Waals surface area contributed by atoms with Crippen LogP contribution in [0.4, 0.5) is 5.69 Å². The van der Waals surface area contributed by atoms with E-state index in [1.165, 1.54) is 11.3 Å². The molecule has 0 saturated carbocycles. The Balaban J connectivity index is 1.33. The molecule has 11 heteroatoms. The molecule has 0 radical (unpaired) electrons. The Labute approximate surface area is 222 Å². The number of nitrogens with zero attached hydrogens (tertiary/aromatic N) is 1. The predicted molar refractivity (Wildman–Crippen MR) is 145 cm³/mol. The molecule has 0 aliphatic rings. The molecule has 2 heterocycles. The number of nitrogens with one attached hydrogen (secondary N) is 2. The summed E-state index contributed by atoms with van der Waals surface area (Å²) in [6, 6.07) is 15.7. The van der Waals surface area contributed by atoms with Gasteiger partial charge < -0.3 is 9.73 Å². The van der Waals surface area contributed by atoms with Crippen LogP contribution in [0.1, 0.15) is 9.67 Å². The van der Waals surface area contributed by atoms with Crippen molar-refractivity contribution in [1.29, 1.82) is 0 Å². The number of hydrogen-bond acceptors (Lipinski definition) is 5. The minimum Gasteiger partial charge on any atom is -0.436 e. The van der Waals surface area contributed by atoms with Crippen LogP contribution in [0, 0.1) is 0 Å². The zero-order chi connectivity index (χ0) is 24.0. The molecule has 0 aliphatic carbocycles. The van der Waals surface area contributed by atoms with Gasteiger partial charge in [-0.15, -0.1) is 11.3 Å². The van der Waals surface area contributed by atoms with Crippen molar-refractivity contribution in [2.45, 2.75) is 0 Å². The molecule has 5 rings (SSSR count). The van der Waals surface area contributed by atoms with Crippen molar-refractivity contribution in [1.82, 2.24) is 10.3 Å². The van der Waals surface area contributed by atoms with E-state index in [4.69, 9.17) is 63.0 Å². The normalized spacial score (nSPS) is 11.2. The van der Waals surface area contributed by atoms with Gasteiger partial charge in [0.15, 0.2) is 10.7 Å². The summed E-state index contributed by atoms with van der Waals surface area (Å²) in [5.41, 5.74) is 2.51. The molecule has 0 fully saturated rings. The average Bonchev–Trinajstić information content (AvgIpc) is 3.36. The van der Waals surface area contributed by atoms with Gasteiger partial charge in [0.1, 0.15) is 10.4 Å². The highest BCUT2D eigenvalue weighted by atomic mass is 35.5. The molecule has 1 amide bonds. The number of carbonyl (C=O) groups is 1. The fraction of sp³-hybridized carbons (Fsp3) is 0. The Morgan fingerprint density at radius 2 is 1.79 bits per heavy atom. The lowest BCUT2D eigenvalue weighted by Gasteiger charge is -2.08. The Morgan fingerprint density at radius 1 is 0.971 bits per heavy atom. The summed E-state index contributed by atoms with van der Waals surface area (Å²) in [5, 5.41) is 8.30. The fourth-order valence-electron chi connectivity index (χ4n) is 3.27. The highest BCUT2D eigenvalue weighted by molar-refractivity contribution is 7.80. The molecule has 170 valence electrons. The SMILES string of the molecule is O=C(NC(=S)Nc1ccc2oc(-c3ccc(Cl)c(Cl)c3)nc2c1)c1sc2cc(Cl)ccc2c1Cl. The summed E-state index contributed by atoms with van der Waals surface area (Å²) in [7, 11) is 0. The first kappa shape index (κ1) is 23.4. The quantitative estimate of drug-likeness (QED) is 0.214. The van der Waals surface area contributed by atoms with Crippen LogP contribution in [0.3, 0.4) is 0 Å². The monoisotopic (exact) mass is 565 g/mol. The number of hydrogen-bond donors (Lipinski definition) is 2. The van der Waals surface area contributed by atoms with Gasteiger partial charge in [-0.3, -0.25) is 10.1 Å². The number of thiocarbonyl (C=S) groups is 1. The van der Waals surface area contributed by atoms with Crippen molar-refractivity contribution < 1.29 is 9.21 Å². The first-order valence-electron chi connectivity index (χ1n) is 9.64. The number of rotatable bonds is 3. The third-order valence-electron chi connectivity index (χ3n) is 4.84. The number of fused-ring (bicyclic) bond motifs is 2. The summed E-state index contributed by atoms with van der Waals surface area (Å²) in [5.74, 6) is -0.00894. The number of amides is 1. The van der Waals surface area contributed by atoms with E-state index in [1.807, 2.05) is 0 Å². The lowest BCUT2D eigenvalue weighted by Crippen LogP contribution is -2.33. The van der Waals surface area contributed by atoms with Crippen molar-refractivity contribution in [2.24, 2.45) is 0 Å². The Bertz CT molecular complexity index is 1610. The topological polar surface area (TPSA) is 67.2 Å². The summed E-state index contributed by atoms with van der Waals surface area (Å²) < 4.78 is 6.63. The minimum atomic E-state index is -0.413.